The fourth-order valence-electron chi connectivity index (χ4n) is 3.32. The van der Waals surface area contributed by atoms with E-state index in [1.165, 1.54) is 5.56 Å². The molecule has 1 atom stereocenters. The average molecular weight is 323 g/mol. The molecule has 0 spiro atoms. The largest absolute Gasteiger partial charge is 0.548 e. The maximum atomic E-state index is 11.7. The zero-order chi connectivity index (χ0) is 16.8. The second kappa shape index (κ2) is 8.08. The van der Waals surface area contributed by atoms with Gasteiger partial charge in [0.15, 0.2) is 0 Å². The monoisotopic (exact) mass is 323 g/mol. The summed E-state index contributed by atoms with van der Waals surface area (Å²) in [5.74, 6) is -0.981. The van der Waals surface area contributed by atoms with Gasteiger partial charge in [-0.1, -0.05) is 60.7 Å². The Balaban J connectivity index is 1.70. The molecule has 126 valence electrons. The van der Waals surface area contributed by atoms with E-state index in [-0.39, 0.29) is 0 Å². The molecule has 0 aromatic heterocycles. The molecule has 1 aliphatic heterocycles. The zero-order valence-corrected chi connectivity index (χ0v) is 13.8. The van der Waals surface area contributed by atoms with Crippen molar-refractivity contribution in [2.24, 2.45) is 0 Å². The van der Waals surface area contributed by atoms with E-state index in [0.717, 1.165) is 31.6 Å². The summed E-state index contributed by atoms with van der Waals surface area (Å²) in [7, 11) is 0. The SMILES string of the molecule is O=C([O-])C1CN(Cc2ccccc2)CCCN1Cc1ccccc1. The van der Waals surface area contributed by atoms with Crippen molar-refractivity contribution in [3.8, 4) is 0 Å². The lowest BCUT2D eigenvalue weighted by Gasteiger charge is -2.32. The lowest BCUT2D eigenvalue weighted by Crippen LogP contribution is -2.51. The molecule has 24 heavy (non-hydrogen) atoms. The Labute approximate surface area is 143 Å². The first-order valence-electron chi connectivity index (χ1n) is 8.47. The van der Waals surface area contributed by atoms with E-state index in [2.05, 4.69) is 17.0 Å². The van der Waals surface area contributed by atoms with Gasteiger partial charge in [0.1, 0.15) is 0 Å². The van der Waals surface area contributed by atoms with E-state index in [1.807, 2.05) is 53.4 Å². The number of carboxylic acids is 1. The van der Waals surface area contributed by atoms with Crippen LogP contribution in [0.3, 0.4) is 0 Å². The fourth-order valence-corrected chi connectivity index (χ4v) is 3.32. The molecule has 0 amide bonds. The summed E-state index contributed by atoms with van der Waals surface area (Å²) >= 11 is 0. The Morgan fingerprint density at radius 1 is 0.917 bits per heavy atom. The second-order valence-electron chi connectivity index (χ2n) is 6.37. The van der Waals surface area contributed by atoms with Crippen molar-refractivity contribution in [3.05, 3.63) is 71.8 Å². The maximum Gasteiger partial charge on any atom is 0.0625 e. The van der Waals surface area contributed by atoms with Crippen molar-refractivity contribution in [2.75, 3.05) is 19.6 Å². The normalized spacial score (nSPS) is 19.8. The maximum absolute atomic E-state index is 11.7. The number of carbonyl (C=O) groups is 1. The van der Waals surface area contributed by atoms with E-state index in [4.69, 9.17) is 0 Å². The Hall–Kier alpha value is -2.17. The van der Waals surface area contributed by atoms with Crippen LogP contribution < -0.4 is 5.11 Å². The highest BCUT2D eigenvalue weighted by molar-refractivity contribution is 5.71. The van der Waals surface area contributed by atoms with E-state index in [9.17, 15) is 9.90 Å². The summed E-state index contributed by atoms with van der Waals surface area (Å²) in [5, 5.41) is 11.7. The molecule has 2 aromatic carbocycles. The Morgan fingerprint density at radius 3 is 2.08 bits per heavy atom. The number of carbonyl (C=O) groups excluding carboxylic acids is 1. The molecule has 2 aromatic rings. The molecule has 1 heterocycles. The second-order valence-corrected chi connectivity index (χ2v) is 6.37. The van der Waals surface area contributed by atoms with E-state index in [0.29, 0.717) is 13.1 Å². The van der Waals surface area contributed by atoms with Gasteiger partial charge in [0.25, 0.3) is 0 Å². The Bertz CT molecular complexity index is 645. The number of carboxylic acid groups (broad SMARTS) is 1. The van der Waals surface area contributed by atoms with Gasteiger partial charge in [-0.3, -0.25) is 9.80 Å². The summed E-state index contributed by atoms with van der Waals surface area (Å²) in [4.78, 5) is 16.0. The topological polar surface area (TPSA) is 46.6 Å². The van der Waals surface area contributed by atoms with Gasteiger partial charge < -0.3 is 9.90 Å². The van der Waals surface area contributed by atoms with Crippen LogP contribution in [-0.2, 0) is 17.9 Å². The zero-order valence-electron chi connectivity index (χ0n) is 13.8. The summed E-state index contributed by atoms with van der Waals surface area (Å²) in [5.41, 5.74) is 2.35. The first-order chi connectivity index (χ1) is 11.7. The summed E-state index contributed by atoms with van der Waals surface area (Å²) in [6.45, 7) is 3.62. The predicted molar refractivity (Wildman–Crippen MR) is 92.0 cm³/mol. The van der Waals surface area contributed by atoms with E-state index >= 15 is 0 Å². The molecule has 0 saturated carbocycles. The average Bonchev–Trinajstić information content (AvgIpc) is 2.79. The highest BCUT2D eigenvalue weighted by atomic mass is 16.4. The van der Waals surface area contributed by atoms with Gasteiger partial charge in [-0.15, -0.1) is 0 Å². The van der Waals surface area contributed by atoms with Gasteiger partial charge in [0.05, 0.1) is 12.0 Å². The third-order valence-electron chi connectivity index (χ3n) is 4.54. The number of hydrogen-bond donors (Lipinski definition) is 0. The van der Waals surface area contributed by atoms with Crippen molar-refractivity contribution < 1.29 is 9.90 Å². The van der Waals surface area contributed by atoms with Crippen LogP contribution >= 0.6 is 0 Å². The molecule has 4 heteroatoms. The van der Waals surface area contributed by atoms with Crippen LogP contribution in [0.2, 0.25) is 0 Å². The molecule has 1 fully saturated rings. The molecule has 0 bridgehead atoms. The Kier molecular flexibility index (Phi) is 5.62. The van der Waals surface area contributed by atoms with Gasteiger partial charge in [0, 0.05) is 26.2 Å². The van der Waals surface area contributed by atoms with Crippen molar-refractivity contribution in [3.63, 3.8) is 0 Å². The van der Waals surface area contributed by atoms with Gasteiger partial charge >= 0.3 is 0 Å². The molecule has 1 aliphatic rings. The van der Waals surface area contributed by atoms with Crippen LogP contribution in [0.5, 0.6) is 0 Å². The van der Waals surface area contributed by atoms with Crippen molar-refractivity contribution in [1.82, 2.24) is 9.80 Å². The van der Waals surface area contributed by atoms with Crippen LogP contribution in [0, 0.1) is 0 Å². The third kappa shape index (κ3) is 4.43. The van der Waals surface area contributed by atoms with Crippen LogP contribution in [0.1, 0.15) is 17.5 Å². The first kappa shape index (κ1) is 16.7. The summed E-state index contributed by atoms with van der Waals surface area (Å²) in [6.07, 6.45) is 0.962. The van der Waals surface area contributed by atoms with Gasteiger partial charge in [-0.25, -0.2) is 0 Å². The molecule has 3 rings (SSSR count). The minimum Gasteiger partial charge on any atom is -0.548 e. The number of rotatable bonds is 5. The lowest BCUT2D eigenvalue weighted by atomic mass is 10.1. The molecule has 0 radical (unpaired) electrons. The molecule has 0 N–H and O–H groups in total. The number of hydrogen-bond acceptors (Lipinski definition) is 4. The van der Waals surface area contributed by atoms with Crippen LogP contribution in [0.25, 0.3) is 0 Å². The van der Waals surface area contributed by atoms with Gasteiger partial charge in [-0.05, 0) is 24.1 Å². The Morgan fingerprint density at radius 2 is 1.50 bits per heavy atom. The molecule has 4 nitrogen and oxygen atoms in total. The molecule has 1 unspecified atom stereocenters. The summed E-state index contributed by atoms with van der Waals surface area (Å²) < 4.78 is 0. The number of nitrogens with zero attached hydrogens (tertiary/aromatic N) is 2. The highest BCUT2D eigenvalue weighted by Gasteiger charge is 2.26. The van der Waals surface area contributed by atoms with Crippen LogP contribution in [-0.4, -0.2) is 41.4 Å². The van der Waals surface area contributed by atoms with Crippen molar-refractivity contribution >= 4 is 5.97 Å². The van der Waals surface area contributed by atoms with Gasteiger partial charge in [0.2, 0.25) is 0 Å². The summed E-state index contributed by atoms with van der Waals surface area (Å²) in [6, 6.07) is 19.7. The number of benzene rings is 2. The smallest absolute Gasteiger partial charge is 0.0625 e. The molecule has 1 saturated heterocycles. The van der Waals surface area contributed by atoms with Crippen LogP contribution in [0.15, 0.2) is 60.7 Å². The van der Waals surface area contributed by atoms with E-state index < -0.39 is 12.0 Å². The van der Waals surface area contributed by atoms with Crippen LogP contribution in [0.4, 0.5) is 0 Å². The third-order valence-corrected chi connectivity index (χ3v) is 4.54. The van der Waals surface area contributed by atoms with Crippen molar-refractivity contribution in [2.45, 2.75) is 25.6 Å². The fraction of sp³-hybridized carbons (Fsp3) is 0.350. The first-order valence-corrected chi connectivity index (χ1v) is 8.47. The minimum atomic E-state index is -0.981. The molecular formula is C20H23N2O2-. The quantitative estimate of drug-likeness (QED) is 0.837. The predicted octanol–water partition coefficient (Wildman–Crippen LogP) is 1.51. The standard InChI is InChI=1S/C20H24N2O2/c23-20(24)19-16-21(14-17-8-3-1-4-9-17)12-7-13-22(19)15-18-10-5-2-6-11-18/h1-6,8-11,19H,7,12-16H2,(H,23,24)/p-1. The number of aliphatic carboxylic acids is 1. The van der Waals surface area contributed by atoms with Crippen molar-refractivity contribution in [1.29, 1.82) is 0 Å². The molecule has 0 aliphatic carbocycles. The van der Waals surface area contributed by atoms with Gasteiger partial charge in [-0.2, -0.15) is 0 Å². The molecular weight excluding hydrogens is 300 g/mol. The van der Waals surface area contributed by atoms with E-state index in [1.54, 1.807) is 0 Å². The lowest BCUT2D eigenvalue weighted by molar-refractivity contribution is -0.312. The highest BCUT2D eigenvalue weighted by Crippen LogP contribution is 2.16. The minimum absolute atomic E-state index is 0.504.